The van der Waals surface area contributed by atoms with Crippen LogP contribution in [0.5, 0.6) is 0 Å². The molecule has 0 N–H and O–H groups in total. The number of halogens is 2. The number of hydrogen-bond donors (Lipinski definition) is 0. The predicted octanol–water partition coefficient (Wildman–Crippen LogP) is 4.80. The van der Waals surface area contributed by atoms with Gasteiger partial charge in [-0.3, -0.25) is 14.5 Å². The lowest BCUT2D eigenvalue weighted by atomic mass is 9.70. The predicted molar refractivity (Wildman–Crippen MR) is 153 cm³/mol. The third kappa shape index (κ3) is 6.04. The molecule has 3 saturated heterocycles. The smallest absolute Gasteiger partial charge is 0.253 e. The average Bonchev–Trinajstić information content (AvgIpc) is 2.91. The summed E-state index contributed by atoms with van der Waals surface area (Å²) in [7, 11) is 0. The van der Waals surface area contributed by atoms with E-state index in [-0.39, 0.29) is 17.2 Å². The summed E-state index contributed by atoms with van der Waals surface area (Å²) in [6, 6.07) is 16.2. The van der Waals surface area contributed by atoms with Gasteiger partial charge >= 0.3 is 0 Å². The third-order valence-electron chi connectivity index (χ3n) is 8.76. The van der Waals surface area contributed by atoms with Crippen LogP contribution < -0.4 is 0 Å². The topological polar surface area (TPSA) is 47.1 Å². The second-order valence-corrected chi connectivity index (χ2v) is 12.0. The summed E-state index contributed by atoms with van der Waals surface area (Å²) in [6.07, 6.45) is 4.07. The number of nitrogens with zero attached hydrogens (tertiary/aromatic N) is 4. The zero-order valence-electron chi connectivity index (χ0n) is 22.2. The SMILES string of the molecule is CC(=O)N1CCN(C2CN(CCCC3(c4ccc(Cl)c(Cl)c4)CCCN(C(=O)c4ccccc4)C3)C2)CC1. The molecular formula is C30H38Cl2N4O2. The van der Waals surface area contributed by atoms with Crippen LogP contribution in [0.4, 0.5) is 0 Å². The molecule has 204 valence electrons. The van der Waals surface area contributed by atoms with Crippen LogP contribution in [0, 0.1) is 0 Å². The highest BCUT2D eigenvalue weighted by atomic mass is 35.5. The monoisotopic (exact) mass is 556 g/mol. The minimum absolute atomic E-state index is 0.102. The summed E-state index contributed by atoms with van der Waals surface area (Å²) < 4.78 is 0. The molecule has 0 saturated carbocycles. The van der Waals surface area contributed by atoms with Crippen molar-refractivity contribution in [3.8, 4) is 0 Å². The fourth-order valence-corrected chi connectivity index (χ4v) is 6.78. The van der Waals surface area contributed by atoms with E-state index in [4.69, 9.17) is 23.2 Å². The largest absolute Gasteiger partial charge is 0.340 e. The number of carbonyl (C=O) groups excluding carboxylic acids is 2. The van der Waals surface area contributed by atoms with Gasteiger partial charge in [0.1, 0.15) is 0 Å². The second-order valence-electron chi connectivity index (χ2n) is 11.2. The van der Waals surface area contributed by atoms with Gasteiger partial charge in [0.05, 0.1) is 10.0 Å². The first-order chi connectivity index (χ1) is 18.3. The first kappa shape index (κ1) is 27.4. The van der Waals surface area contributed by atoms with E-state index in [0.717, 1.165) is 83.6 Å². The number of amides is 2. The number of carbonyl (C=O) groups is 2. The van der Waals surface area contributed by atoms with Crippen molar-refractivity contribution in [2.75, 3.05) is 58.9 Å². The molecule has 2 aromatic rings. The van der Waals surface area contributed by atoms with Crippen LogP contribution in [0.15, 0.2) is 48.5 Å². The molecule has 2 amide bonds. The highest BCUT2D eigenvalue weighted by molar-refractivity contribution is 6.42. The molecule has 0 aromatic heterocycles. The number of likely N-dealkylation sites (tertiary alicyclic amines) is 2. The first-order valence-electron chi connectivity index (χ1n) is 13.9. The maximum atomic E-state index is 13.4. The molecule has 3 aliphatic rings. The lowest BCUT2D eigenvalue weighted by Crippen LogP contribution is -2.63. The Morgan fingerprint density at radius 2 is 1.66 bits per heavy atom. The number of benzene rings is 2. The van der Waals surface area contributed by atoms with E-state index < -0.39 is 0 Å². The number of rotatable bonds is 7. The summed E-state index contributed by atoms with van der Waals surface area (Å²) in [6.45, 7) is 10.0. The average molecular weight is 558 g/mol. The zero-order chi connectivity index (χ0) is 26.7. The third-order valence-corrected chi connectivity index (χ3v) is 9.50. The minimum atomic E-state index is -0.135. The van der Waals surface area contributed by atoms with Gasteiger partial charge in [-0.25, -0.2) is 0 Å². The van der Waals surface area contributed by atoms with Gasteiger partial charge in [-0.05, 0) is 62.1 Å². The van der Waals surface area contributed by atoms with Crippen molar-refractivity contribution in [1.29, 1.82) is 0 Å². The summed E-state index contributed by atoms with van der Waals surface area (Å²) in [5, 5.41) is 1.14. The van der Waals surface area contributed by atoms with Gasteiger partial charge in [0.2, 0.25) is 5.91 Å². The van der Waals surface area contributed by atoms with Crippen LogP contribution in [0.1, 0.15) is 48.5 Å². The molecule has 3 heterocycles. The number of piperazine rings is 1. The molecule has 0 bridgehead atoms. The van der Waals surface area contributed by atoms with E-state index in [2.05, 4.69) is 15.9 Å². The summed E-state index contributed by atoms with van der Waals surface area (Å²) in [5.74, 6) is 0.285. The first-order valence-corrected chi connectivity index (χ1v) is 14.6. The highest BCUT2D eigenvalue weighted by Crippen LogP contribution is 2.41. The van der Waals surface area contributed by atoms with Gasteiger partial charge < -0.3 is 14.7 Å². The lowest BCUT2D eigenvalue weighted by Gasteiger charge is -2.49. The fourth-order valence-electron chi connectivity index (χ4n) is 6.48. The Labute approximate surface area is 236 Å². The maximum absolute atomic E-state index is 13.4. The molecule has 0 spiro atoms. The van der Waals surface area contributed by atoms with E-state index >= 15 is 0 Å². The molecule has 0 aliphatic carbocycles. The van der Waals surface area contributed by atoms with Crippen LogP contribution in [-0.4, -0.2) is 96.4 Å². The van der Waals surface area contributed by atoms with Crippen molar-refractivity contribution >= 4 is 35.0 Å². The minimum Gasteiger partial charge on any atom is -0.340 e. The normalized spacial score (nSPS) is 23.3. The van der Waals surface area contributed by atoms with Crippen molar-refractivity contribution in [3.63, 3.8) is 0 Å². The summed E-state index contributed by atoms with van der Waals surface area (Å²) in [5.41, 5.74) is 1.79. The van der Waals surface area contributed by atoms with Crippen molar-refractivity contribution in [2.45, 2.75) is 44.1 Å². The molecule has 0 radical (unpaired) electrons. The van der Waals surface area contributed by atoms with E-state index in [0.29, 0.717) is 22.6 Å². The van der Waals surface area contributed by atoms with Crippen LogP contribution in [0.3, 0.4) is 0 Å². The molecule has 3 fully saturated rings. The Morgan fingerprint density at radius 3 is 2.34 bits per heavy atom. The van der Waals surface area contributed by atoms with Crippen LogP contribution in [0.2, 0.25) is 10.0 Å². The van der Waals surface area contributed by atoms with Crippen molar-refractivity contribution in [3.05, 3.63) is 69.7 Å². The molecule has 8 heteroatoms. The van der Waals surface area contributed by atoms with E-state index in [1.165, 1.54) is 5.56 Å². The van der Waals surface area contributed by atoms with Crippen molar-refractivity contribution in [2.24, 2.45) is 0 Å². The molecule has 3 aliphatic heterocycles. The van der Waals surface area contributed by atoms with E-state index in [1.54, 1.807) is 6.92 Å². The Kier molecular flexibility index (Phi) is 8.63. The van der Waals surface area contributed by atoms with Crippen LogP contribution >= 0.6 is 23.2 Å². The van der Waals surface area contributed by atoms with Crippen molar-refractivity contribution < 1.29 is 9.59 Å². The van der Waals surface area contributed by atoms with Gasteiger partial charge in [0, 0.05) is 76.3 Å². The highest BCUT2D eigenvalue weighted by Gasteiger charge is 2.40. The molecule has 6 nitrogen and oxygen atoms in total. The van der Waals surface area contributed by atoms with E-state index in [9.17, 15) is 9.59 Å². The van der Waals surface area contributed by atoms with Gasteiger partial charge in [-0.2, -0.15) is 0 Å². The molecule has 5 rings (SSSR count). The Morgan fingerprint density at radius 1 is 0.921 bits per heavy atom. The standard InChI is InChI=1S/C30H38Cl2N4O2/c1-23(37)34-15-17-35(18-16-34)26-20-33(21-26)13-5-11-30(25-9-10-27(31)28(32)19-25)12-6-14-36(22-30)29(38)24-7-3-2-4-8-24/h2-4,7-10,19,26H,5-6,11-18,20-22H2,1H3. The molecule has 2 aromatic carbocycles. The van der Waals surface area contributed by atoms with Gasteiger partial charge in [0.25, 0.3) is 5.91 Å². The zero-order valence-corrected chi connectivity index (χ0v) is 23.8. The second kappa shape index (κ2) is 12.0. The fraction of sp³-hybridized carbons (Fsp3) is 0.533. The Balaban J connectivity index is 1.21. The maximum Gasteiger partial charge on any atom is 0.253 e. The van der Waals surface area contributed by atoms with Gasteiger partial charge in [0.15, 0.2) is 0 Å². The summed E-state index contributed by atoms with van der Waals surface area (Å²) >= 11 is 12.7. The molecule has 1 unspecified atom stereocenters. The van der Waals surface area contributed by atoms with Gasteiger partial charge in [-0.1, -0.05) is 47.5 Å². The molecule has 38 heavy (non-hydrogen) atoms. The lowest BCUT2D eigenvalue weighted by molar-refractivity contribution is -0.131. The van der Waals surface area contributed by atoms with Crippen LogP contribution in [0.25, 0.3) is 0 Å². The number of piperidine rings is 1. The summed E-state index contributed by atoms with van der Waals surface area (Å²) in [4.78, 5) is 34.0. The van der Waals surface area contributed by atoms with Crippen molar-refractivity contribution in [1.82, 2.24) is 19.6 Å². The van der Waals surface area contributed by atoms with Gasteiger partial charge in [-0.15, -0.1) is 0 Å². The Hall–Kier alpha value is -2.12. The molecular weight excluding hydrogens is 519 g/mol. The Bertz CT molecular complexity index is 1130. The number of hydrogen-bond acceptors (Lipinski definition) is 4. The van der Waals surface area contributed by atoms with E-state index in [1.807, 2.05) is 52.3 Å². The van der Waals surface area contributed by atoms with Crippen LogP contribution in [-0.2, 0) is 10.2 Å². The quantitative estimate of drug-likeness (QED) is 0.491. The molecule has 1 atom stereocenters.